The van der Waals surface area contributed by atoms with Gasteiger partial charge in [-0.2, -0.15) is 13.2 Å². The molecule has 0 amide bonds. The van der Waals surface area contributed by atoms with Gasteiger partial charge in [-0.1, -0.05) is 46.6 Å². The number of halogens is 5. The van der Waals surface area contributed by atoms with Crippen LogP contribution in [-0.4, -0.2) is 32.6 Å². The number of hydrogen-bond donors (Lipinski definition) is 2. The molecular weight excluding hydrogens is 540 g/mol. The number of aryl methyl sites for hydroxylation is 2. The Hall–Kier alpha value is -2.82. The fraction of sp³-hybridized carbons (Fsp3) is 0.292. The van der Waals surface area contributed by atoms with E-state index in [4.69, 9.17) is 27.9 Å². The SMILES string of the molecule is Cc1nc(-c2ccc(C(F)(F)F)cc2)sc1C(CCc1ccc(OC(C)(C)C(=O)O)c(Cl)c1Cl)=NO. The van der Waals surface area contributed by atoms with Crippen LogP contribution in [0.3, 0.4) is 0 Å². The first-order valence-electron chi connectivity index (χ1n) is 10.5. The van der Waals surface area contributed by atoms with E-state index in [1.165, 1.54) is 43.4 Å². The van der Waals surface area contributed by atoms with Gasteiger partial charge in [-0.25, -0.2) is 9.78 Å². The first kappa shape index (κ1) is 27.8. The highest BCUT2D eigenvalue weighted by Gasteiger charge is 2.31. The molecule has 0 spiro atoms. The lowest BCUT2D eigenvalue weighted by atomic mass is 10.1. The molecule has 3 rings (SSSR count). The molecule has 12 heteroatoms. The lowest BCUT2D eigenvalue weighted by Gasteiger charge is -2.23. The van der Waals surface area contributed by atoms with Gasteiger partial charge in [0.25, 0.3) is 0 Å². The van der Waals surface area contributed by atoms with Crippen LogP contribution in [-0.2, 0) is 17.4 Å². The van der Waals surface area contributed by atoms with E-state index < -0.39 is 23.3 Å². The van der Waals surface area contributed by atoms with E-state index in [-0.39, 0.29) is 22.2 Å². The predicted octanol–water partition coefficient (Wildman–Crippen LogP) is 7.50. The summed E-state index contributed by atoms with van der Waals surface area (Å²) in [5.41, 5.74) is -0.257. The summed E-state index contributed by atoms with van der Waals surface area (Å²) in [6.45, 7) is 4.48. The molecule has 2 N–H and O–H groups in total. The highest BCUT2D eigenvalue weighted by atomic mass is 35.5. The molecule has 0 unspecified atom stereocenters. The van der Waals surface area contributed by atoms with Crippen LogP contribution < -0.4 is 4.74 Å². The molecule has 3 aromatic rings. The number of rotatable bonds is 8. The fourth-order valence-corrected chi connectivity index (χ4v) is 4.77. The quantitative estimate of drug-likeness (QED) is 0.169. The van der Waals surface area contributed by atoms with Gasteiger partial charge in [0.2, 0.25) is 0 Å². The van der Waals surface area contributed by atoms with Crippen LogP contribution in [0.2, 0.25) is 10.0 Å². The summed E-state index contributed by atoms with van der Waals surface area (Å²) in [5, 5.41) is 23.0. The number of thiazole rings is 1. The second-order valence-corrected chi connectivity index (χ2v) is 10.1. The zero-order valence-electron chi connectivity index (χ0n) is 19.3. The normalized spacial score (nSPS) is 12.6. The number of ether oxygens (including phenoxy) is 1. The third-order valence-corrected chi connectivity index (χ3v) is 7.44. The van der Waals surface area contributed by atoms with E-state index in [9.17, 15) is 28.3 Å². The Morgan fingerprint density at radius 3 is 2.31 bits per heavy atom. The third-order valence-electron chi connectivity index (χ3n) is 5.28. The zero-order chi connectivity index (χ0) is 26.8. The molecule has 1 aromatic heterocycles. The van der Waals surface area contributed by atoms with Crippen molar-refractivity contribution in [1.29, 1.82) is 0 Å². The summed E-state index contributed by atoms with van der Waals surface area (Å²) in [6.07, 6.45) is -3.85. The number of nitrogens with zero attached hydrogens (tertiary/aromatic N) is 2. The van der Waals surface area contributed by atoms with Gasteiger partial charge >= 0.3 is 12.1 Å². The molecule has 0 radical (unpaired) electrons. The molecule has 0 saturated heterocycles. The molecule has 0 aliphatic rings. The van der Waals surface area contributed by atoms with Gasteiger partial charge < -0.3 is 15.1 Å². The van der Waals surface area contributed by atoms with E-state index in [1.54, 1.807) is 13.0 Å². The monoisotopic (exact) mass is 560 g/mol. The summed E-state index contributed by atoms with van der Waals surface area (Å²) in [7, 11) is 0. The summed E-state index contributed by atoms with van der Waals surface area (Å²) in [4.78, 5) is 16.3. The van der Waals surface area contributed by atoms with E-state index in [0.29, 0.717) is 38.8 Å². The first-order chi connectivity index (χ1) is 16.7. The average Bonchev–Trinajstić information content (AvgIpc) is 3.19. The van der Waals surface area contributed by atoms with Gasteiger partial charge in [-0.3, -0.25) is 0 Å². The zero-order valence-corrected chi connectivity index (χ0v) is 21.6. The molecular formula is C24H21Cl2F3N2O4S. The minimum absolute atomic E-state index is 0.0598. The molecule has 2 aromatic carbocycles. The smallest absolute Gasteiger partial charge is 0.416 e. The summed E-state index contributed by atoms with van der Waals surface area (Å²) >= 11 is 13.9. The molecule has 192 valence electrons. The van der Waals surface area contributed by atoms with Crippen molar-refractivity contribution in [2.75, 3.05) is 0 Å². The predicted molar refractivity (Wildman–Crippen MR) is 133 cm³/mol. The minimum atomic E-state index is -4.43. The number of aromatic nitrogens is 1. The Balaban J connectivity index is 1.78. The third kappa shape index (κ3) is 6.11. The number of carboxylic acids is 1. The highest BCUT2D eigenvalue weighted by molar-refractivity contribution is 7.17. The number of carboxylic acid groups (broad SMARTS) is 1. The summed E-state index contributed by atoms with van der Waals surface area (Å²) in [6, 6.07) is 7.83. The maximum atomic E-state index is 12.8. The number of benzene rings is 2. The summed E-state index contributed by atoms with van der Waals surface area (Å²) in [5.74, 6) is -1.05. The number of carbonyl (C=O) groups is 1. The van der Waals surface area contributed by atoms with Crippen molar-refractivity contribution >= 4 is 46.2 Å². The van der Waals surface area contributed by atoms with Gasteiger partial charge in [-0.15, -0.1) is 11.3 Å². The van der Waals surface area contributed by atoms with Gasteiger partial charge in [0.15, 0.2) is 5.60 Å². The number of alkyl halides is 3. The van der Waals surface area contributed by atoms with E-state index in [0.717, 1.165) is 12.1 Å². The number of oxime groups is 1. The van der Waals surface area contributed by atoms with Crippen LogP contribution in [0, 0.1) is 6.92 Å². The molecule has 0 fully saturated rings. The largest absolute Gasteiger partial charge is 0.478 e. The van der Waals surface area contributed by atoms with Crippen molar-refractivity contribution in [3.05, 3.63) is 68.1 Å². The molecule has 0 aliphatic heterocycles. The number of hydrogen-bond acceptors (Lipinski definition) is 6. The van der Waals surface area contributed by atoms with Gasteiger partial charge in [0, 0.05) is 5.56 Å². The van der Waals surface area contributed by atoms with Crippen LogP contribution in [0.15, 0.2) is 41.6 Å². The molecule has 6 nitrogen and oxygen atoms in total. The van der Waals surface area contributed by atoms with E-state index in [2.05, 4.69) is 10.1 Å². The van der Waals surface area contributed by atoms with Crippen molar-refractivity contribution < 1.29 is 33.0 Å². The lowest BCUT2D eigenvalue weighted by molar-refractivity contribution is -0.152. The highest BCUT2D eigenvalue weighted by Crippen LogP contribution is 2.38. The Morgan fingerprint density at radius 1 is 1.11 bits per heavy atom. The molecule has 0 aliphatic carbocycles. The number of aliphatic carboxylic acids is 1. The van der Waals surface area contributed by atoms with Crippen molar-refractivity contribution in [2.24, 2.45) is 5.16 Å². The van der Waals surface area contributed by atoms with Gasteiger partial charge in [0.1, 0.15) is 15.8 Å². The van der Waals surface area contributed by atoms with E-state index >= 15 is 0 Å². The molecule has 0 bridgehead atoms. The Kier molecular flexibility index (Phi) is 8.22. The molecule has 1 heterocycles. The van der Waals surface area contributed by atoms with Crippen molar-refractivity contribution in [3.8, 4) is 16.3 Å². The van der Waals surface area contributed by atoms with Crippen LogP contribution in [0.1, 0.15) is 42.0 Å². The maximum absolute atomic E-state index is 12.8. The van der Waals surface area contributed by atoms with Crippen LogP contribution in [0.4, 0.5) is 13.2 Å². The van der Waals surface area contributed by atoms with Crippen molar-refractivity contribution in [3.63, 3.8) is 0 Å². The second kappa shape index (κ2) is 10.7. The Bertz CT molecular complexity index is 1310. The average molecular weight is 561 g/mol. The van der Waals surface area contributed by atoms with Gasteiger partial charge in [-0.05, 0) is 57.4 Å². The molecule has 0 atom stereocenters. The van der Waals surface area contributed by atoms with Crippen LogP contribution >= 0.6 is 34.5 Å². The standard InChI is InChI=1S/C24H21Cl2F3N2O4S/c1-12-20(36-21(30-12)14-4-8-15(9-5-14)24(27,28)29)16(31-34)10-6-13-7-11-17(19(26)18(13)25)35-23(2,3)22(32)33/h4-5,7-9,11,34H,6,10H2,1-3H3,(H,32,33). The van der Waals surface area contributed by atoms with Gasteiger partial charge in [0.05, 0.1) is 26.9 Å². The first-order valence-corrected chi connectivity index (χ1v) is 12.1. The Morgan fingerprint density at radius 2 is 1.75 bits per heavy atom. The van der Waals surface area contributed by atoms with E-state index in [1.807, 2.05) is 0 Å². The van der Waals surface area contributed by atoms with Crippen molar-refractivity contribution in [2.45, 2.75) is 45.4 Å². The second-order valence-electron chi connectivity index (χ2n) is 8.32. The summed E-state index contributed by atoms with van der Waals surface area (Å²) < 4.78 is 44.0. The maximum Gasteiger partial charge on any atom is 0.416 e. The fourth-order valence-electron chi connectivity index (χ4n) is 3.21. The van der Waals surface area contributed by atoms with Crippen LogP contribution in [0.25, 0.3) is 10.6 Å². The molecule has 0 saturated carbocycles. The lowest BCUT2D eigenvalue weighted by Crippen LogP contribution is -2.38. The van der Waals surface area contributed by atoms with Crippen LogP contribution in [0.5, 0.6) is 5.75 Å². The Labute approximate surface area is 219 Å². The van der Waals surface area contributed by atoms with Crippen molar-refractivity contribution in [1.82, 2.24) is 4.98 Å². The topological polar surface area (TPSA) is 92.0 Å². The minimum Gasteiger partial charge on any atom is -0.478 e. The molecule has 36 heavy (non-hydrogen) atoms.